The summed E-state index contributed by atoms with van der Waals surface area (Å²) in [4.78, 5) is 19.6. The fourth-order valence-electron chi connectivity index (χ4n) is 3.95. The number of hydrogen-bond donors (Lipinski definition) is 2. The summed E-state index contributed by atoms with van der Waals surface area (Å²) in [6, 6.07) is 3.61. The zero-order chi connectivity index (χ0) is 24.2. The van der Waals surface area contributed by atoms with E-state index in [4.69, 9.17) is 0 Å². The number of halogens is 2. The Morgan fingerprint density at radius 1 is 0.971 bits per heavy atom. The van der Waals surface area contributed by atoms with Gasteiger partial charge < -0.3 is 15.5 Å². The molecule has 1 unspecified atom stereocenters. The Bertz CT molecular complexity index is 1190. The molecule has 2 N–H and O–H groups in total. The highest BCUT2D eigenvalue weighted by molar-refractivity contribution is 7.85. The monoisotopic (exact) mass is 487 g/mol. The molecule has 0 aliphatic heterocycles. The molecule has 8 nitrogen and oxygen atoms in total. The first-order chi connectivity index (χ1) is 16.3. The van der Waals surface area contributed by atoms with E-state index in [2.05, 4.69) is 30.6 Å². The van der Waals surface area contributed by atoms with Crippen molar-refractivity contribution in [3.63, 3.8) is 0 Å². The van der Waals surface area contributed by atoms with Crippen molar-refractivity contribution < 1.29 is 13.0 Å². The number of aryl methyl sites for hydroxylation is 1. The molecular formula is C23H27F2N7OS. The van der Waals surface area contributed by atoms with Gasteiger partial charge in [0.2, 0.25) is 5.95 Å². The highest BCUT2D eigenvalue weighted by Gasteiger charge is 2.23. The summed E-state index contributed by atoms with van der Waals surface area (Å²) in [6.45, 7) is 1.99. The lowest BCUT2D eigenvalue weighted by atomic mass is 9.91. The molecule has 0 radical (unpaired) electrons. The second-order valence-corrected chi connectivity index (χ2v) is 9.95. The third-order valence-corrected chi connectivity index (χ3v) is 6.95. The van der Waals surface area contributed by atoms with Gasteiger partial charge in [-0.15, -0.1) is 0 Å². The third-order valence-electron chi connectivity index (χ3n) is 5.69. The molecule has 0 spiro atoms. The van der Waals surface area contributed by atoms with Crippen molar-refractivity contribution in [1.82, 2.24) is 19.9 Å². The molecule has 11 heteroatoms. The predicted octanol–water partition coefficient (Wildman–Crippen LogP) is 3.92. The minimum absolute atomic E-state index is 0.132. The standard InChI is InChI=1S/C23H27F2N7OS/c1-14-11-27-23(31-22(14)32(2)3)29-16-6-4-15(5-7-16)28-20-12-26-13-21(30-20)34(33)17-8-9-18(24)19(25)10-17/h8-13,15-16H,4-7H2,1-3H3,(H,28,30)(H,27,29,31). The van der Waals surface area contributed by atoms with Gasteiger partial charge in [-0.2, -0.15) is 4.98 Å². The minimum atomic E-state index is -1.77. The van der Waals surface area contributed by atoms with Crippen molar-refractivity contribution in [2.45, 2.75) is 54.6 Å². The molecule has 1 aliphatic rings. The van der Waals surface area contributed by atoms with Crippen LogP contribution in [-0.2, 0) is 10.8 Å². The molecule has 1 atom stereocenters. The highest BCUT2D eigenvalue weighted by atomic mass is 32.2. The summed E-state index contributed by atoms with van der Waals surface area (Å²) < 4.78 is 39.4. The fraction of sp³-hybridized carbons (Fsp3) is 0.391. The van der Waals surface area contributed by atoms with Crippen LogP contribution in [0, 0.1) is 18.6 Å². The van der Waals surface area contributed by atoms with Gasteiger partial charge >= 0.3 is 0 Å². The zero-order valence-electron chi connectivity index (χ0n) is 19.3. The van der Waals surface area contributed by atoms with Crippen LogP contribution in [0.3, 0.4) is 0 Å². The summed E-state index contributed by atoms with van der Waals surface area (Å²) in [5.74, 6) is -0.00903. The lowest BCUT2D eigenvalue weighted by molar-refractivity contribution is 0.426. The van der Waals surface area contributed by atoms with Crippen LogP contribution in [0.25, 0.3) is 0 Å². The molecule has 2 heterocycles. The van der Waals surface area contributed by atoms with Crippen molar-refractivity contribution in [3.05, 3.63) is 54.0 Å². The summed E-state index contributed by atoms with van der Waals surface area (Å²) in [6.07, 6.45) is 8.44. The molecule has 4 rings (SSSR count). The summed E-state index contributed by atoms with van der Waals surface area (Å²) in [5.41, 5.74) is 1.03. The number of hydrogen-bond acceptors (Lipinski definition) is 8. The SMILES string of the molecule is Cc1cnc(NC2CCC(Nc3cncc(S(=O)c4ccc(F)c(F)c4)n3)CC2)nc1N(C)C. The summed E-state index contributed by atoms with van der Waals surface area (Å²) in [5, 5.41) is 6.97. The van der Waals surface area contributed by atoms with Gasteiger partial charge in [0, 0.05) is 42.8 Å². The summed E-state index contributed by atoms with van der Waals surface area (Å²) >= 11 is 0. The van der Waals surface area contributed by atoms with E-state index in [0.717, 1.165) is 49.2 Å². The van der Waals surface area contributed by atoms with Crippen LogP contribution >= 0.6 is 0 Å². The molecule has 1 saturated carbocycles. The van der Waals surface area contributed by atoms with Crippen LogP contribution in [0.1, 0.15) is 31.2 Å². The molecule has 2 aromatic heterocycles. The van der Waals surface area contributed by atoms with Gasteiger partial charge in [0.1, 0.15) is 22.4 Å². The van der Waals surface area contributed by atoms with Crippen molar-refractivity contribution in [1.29, 1.82) is 0 Å². The van der Waals surface area contributed by atoms with Gasteiger partial charge in [0.15, 0.2) is 16.7 Å². The Morgan fingerprint density at radius 2 is 1.68 bits per heavy atom. The van der Waals surface area contributed by atoms with Crippen molar-refractivity contribution in [2.24, 2.45) is 0 Å². The average molecular weight is 488 g/mol. The topological polar surface area (TPSA) is 95.9 Å². The maximum absolute atomic E-state index is 13.5. The van der Waals surface area contributed by atoms with E-state index in [-0.39, 0.29) is 22.0 Å². The largest absolute Gasteiger partial charge is 0.366 e. The van der Waals surface area contributed by atoms with E-state index in [1.807, 2.05) is 32.1 Å². The minimum Gasteiger partial charge on any atom is -0.366 e. The van der Waals surface area contributed by atoms with E-state index in [0.29, 0.717) is 11.8 Å². The first kappa shape index (κ1) is 23.9. The van der Waals surface area contributed by atoms with Crippen LogP contribution in [-0.4, -0.2) is 50.3 Å². The Morgan fingerprint density at radius 3 is 2.35 bits per heavy atom. The molecule has 1 aliphatic carbocycles. The van der Waals surface area contributed by atoms with Gasteiger partial charge in [0.25, 0.3) is 0 Å². The van der Waals surface area contributed by atoms with Gasteiger partial charge in [0.05, 0.1) is 12.4 Å². The average Bonchev–Trinajstić information content (AvgIpc) is 2.83. The first-order valence-electron chi connectivity index (χ1n) is 11.0. The molecule has 3 aromatic rings. The van der Waals surface area contributed by atoms with E-state index in [1.54, 1.807) is 6.20 Å². The predicted molar refractivity (Wildman–Crippen MR) is 127 cm³/mol. The molecule has 1 aromatic carbocycles. The normalized spacial score (nSPS) is 18.9. The van der Waals surface area contributed by atoms with Gasteiger partial charge in [-0.05, 0) is 50.8 Å². The maximum Gasteiger partial charge on any atom is 0.224 e. The van der Waals surface area contributed by atoms with Crippen LogP contribution in [0.2, 0.25) is 0 Å². The van der Waals surface area contributed by atoms with Gasteiger partial charge in [-0.3, -0.25) is 4.98 Å². The van der Waals surface area contributed by atoms with Crippen molar-refractivity contribution >= 4 is 28.4 Å². The summed E-state index contributed by atoms with van der Waals surface area (Å²) in [7, 11) is 2.15. The first-order valence-corrected chi connectivity index (χ1v) is 12.2. The Kier molecular flexibility index (Phi) is 7.30. The van der Waals surface area contributed by atoms with E-state index < -0.39 is 22.4 Å². The van der Waals surface area contributed by atoms with E-state index in [1.165, 1.54) is 12.3 Å². The maximum atomic E-state index is 13.5. The Balaban J connectivity index is 1.34. The molecule has 34 heavy (non-hydrogen) atoms. The van der Waals surface area contributed by atoms with E-state index in [9.17, 15) is 13.0 Å². The van der Waals surface area contributed by atoms with Crippen LogP contribution in [0.15, 0.2) is 46.7 Å². The number of anilines is 3. The lowest BCUT2D eigenvalue weighted by Crippen LogP contribution is -2.33. The number of rotatable bonds is 7. The molecule has 0 bridgehead atoms. The number of nitrogens with one attached hydrogen (secondary N) is 2. The molecular weight excluding hydrogens is 460 g/mol. The Labute approximate surface area is 199 Å². The highest BCUT2D eigenvalue weighted by Crippen LogP contribution is 2.25. The van der Waals surface area contributed by atoms with Gasteiger partial charge in [-0.25, -0.2) is 23.0 Å². The smallest absolute Gasteiger partial charge is 0.224 e. The molecule has 0 saturated heterocycles. The van der Waals surface area contributed by atoms with Crippen molar-refractivity contribution in [3.8, 4) is 0 Å². The van der Waals surface area contributed by atoms with Crippen LogP contribution in [0.5, 0.6) is 0 Å². The molecule has 180 valence electrons. The van der Waals surface area contributed by atoms with Crippen LogP contribution in [0.4, 0.5) is 26.4 Å². The molecule has 0 amide bonds. The van der Waals surface area contributed by atoms with E-state index >= 15 is 0 Å². The number of nitrogens with zero attached hydrogens (tertiary/aromatic N) is 5. The molecule has 1 fully saturated rings. The zero-order valence-corrected chi connectivity index (χ0v) is 20.1. The second kappa shape index (κ2) is 10.4. The quantitative estimate of drug-likeness (QED) is 0.518. The third kappa shape index (κ3) is 5.64. The Hall–Kier alpha value is -3.21. The fourth-order valence-corrected chi connectivity index (χ4v) is 4.93. The second-order valence-electron chi connectivity index (χ2n) is 8.52. The lowest BCUT2D eigenvalue weighted by Gasteiger charge is -2.30. The van der Waals surface area contributed by atoms with Crippen LogP contribution < -0.4 is 15.5 Å². The number of benzene rings is 1. The number of aromatic nitrogens is 4. The van der Waals surface area contributed by atoms with Crippen molar-refractivity contribution in [2.75, 3.05) is 29.6 Å². The van der Waals surface area contributed by atoms with Gasteiger partial charge in [-0.1, -0.05) is 0 Å².